The van der Waals surface area contributed by atoms with E-state index in [1.807, 2.05) is 24.3 Å². The Kier molecular flexibility index (Phi) is 8.59. The van der Waals surface area contributed by atoms with Gasteiger partial charge in [0.15, 0.2) is 0 Å². The first-order chi connectivity index (χ1) is 14.5. The lowest BCUT2D eigenvalue weighted by atomic mass is 9.97. The van der Waals surface area contributed by atoms with Gasteiger partial charge in [0.2, 0.25) is 15.9 Å². The number of amides is 1. The van der Waals surface area contributed by atoms with Crippen LogP contribution in [0.4, 0.5) is 5.69 Å². The summed E-state index contributed by atoms with van der Waals surface area (Å²) in [5.74, 6) is 1.04. The fourth-order valence-corrected chi connectivity index (χ4v) is 4.27. The van der Waals surface area contributed by atoms with Crippen LogP contribution in [0.3, 0.4) is 0 Å². The number of carbonyl (C=O) groups is 1. The van der Waals surface area contributed by atoms with Crippen LogP contribution in [-0.2, 0) is 14.8 Å². The lowest BCUT2D eigenvalue weighted by Crippen LogP contribution is -2.41. The van der Waals surface area contributed by atoms with Crippen molar-refractivity contribution in [1.82, 2.24) is 5.32 Å². The van der Waals surface area contributed by atoms with Gasteiger partial charge in [-0.1, -0.05) is 37.6 Å². The van der Waals surface area contributed by atoms with E-state index in [-0.39, 0.29) is 23.3 Å². The molecule has 0 aliphatic heterocycles. The maximum absolute atomic E-state index is 12.9. The quantitative estimate of drug-likeness (QED) is 0.569. The van der Waals surface area contributed by atoms with Gasteiger partial charge in [0.05, 0.1) is 37.2 Å². The minimum Gasteiger partial charge on any atom is -0.497 e. The zero-order valence-corrected chi connectivity index (χ0v) is 20.0. The number of ether oxygens (including phenoxy) is 2. The molecule has 1 atom stereocenters. The molecule has 2 aromatic carbocycles. The van der Waals surface area contributed by atoms with Crippen LogP contribution in [0.2, 0.25) is 5.02 Å². The number of hydrogen-bond acceptors (Lipinski definition) is 5. The van der Waals surface area contributed by atoms with Crippen LogP contribution in [0.25, 0.3) is 0 Å². The first kappa shape index (κ1) is 24.8. The molecule has 2 aromatic rings. The molecule has 0 heterocycles. The number of carbonyl (C=O) groups excluding carboxylic acids is 1. The third-order valence-electron chi connectivity index (χ3n) is 4.67. The molecule has 2 rings (SSSR count). The number of halogens is 1. The SMILES string of the molecule is COc1ccc([C@@H](CC(C)C)NC(=O)CN(c2ccc(OC)c(Cl)c2)S(C)(=O)=O)cc1. The topological polar surface area (TPSA) is 84.9 Å². The van der Waals surface area contributed by atoms with E-state index >= 15 is 0 Å². The number of hydrogen-bond donors (Lipinski definition) is 1. The summed E-state index contributed by atoms with van der Waals surface area (Å²) in [6.45, 7) is 3.75. The molecule has 0 aliphatic carbocycles. The Balaban J connectivity index is 2.25. The molecule has 0 saturated carbocycles. The van der Waals surface area contributed by atoms with E-state index < -0.39 is 15.9 Å². The average Bonchev–Trinajstić information content (AvgIpc) is 2.70. The summed E-state index contributed by atoms with van der Waals surface area (Å²) in [6.07, 6.45) is 1.75. The van der Waals surface area contributed by atoms with Gasteiger partial charge in [0, 0.05) is 0 Å². The van der Waals surface area contributed by atoms with Crippen molar-refractivity contribution < 1.29 is 22.7 Å². The maximum Gasteiger partial charge on any atom is 0.241 e. The first-order valence-electron chi connectivity index (χ1n) is 9.79. The Morgan fingerprint density at radius 2 is 1.74 bits per heavy atom. The molecule has 0 radical (unpaired) electrons. The maximum atomic E-state index is 12.9. The van der Waals surface area contributed by atoms with Crippen molar-refractivity contribution in [2.75, 3.05) is 31.3 Å². The van der Waals surface area contributed by atoms with Crippen molar-refractivity contribution in [3.8, 4) is 11.5 Å². The van der Waals surface area contributed by atoms with Crippen LogP contribution in [-0.4, -0.2) is 41.3 Å². The van der Waals surface area contributed by atoms with E-state index in [1.165, 1.54) is 13.2 Å². The van der Waals surface area contributed by atoms with Crippen molar-refractivity contribution in [1.29, 1.82) is 0 Å². The van der Waals surface area contributed by atoms with Crippen molar-refractivity contribution in [3.63, 3.8) is 0 Å². The molecular weight excluding hydrogens is 440 g/mol. The second-order valence-corrected chi connectivity index (χ2v) is 9.93. The first-order valence-corrected chi connectivity index (χ1v) is 12.0. The Labute approximate surface area is 189 Å². The lowest BCUT2D eigenvalue weighted by Gasteiger charge is -2.25. The van der Waals surface area contributed by atoms with E-state index in [0.29, 0.717) is 18.1 Å². The van der Waals surface area contributed by atoms with E-state index in [0.717, 1.165) is 21.9 Å². The highest BCUT2D eigenvalue weighted by molar-refractivity contribution is 7.92. The lowest BCUT2D eigenvalue weighted by molar-refractivity contribution is -0.120. The molecule has 1 N–H and O–H groups in total. The van der Waals surface area contributed by atoms with Crippen LogP contribution < -0.4 is 19.1 Å². The molecule has 0 aromatic heterocycles. The van der Waals surface area contributed by atoms with Gasteiger partial charge in [-0.2, -0.15) is 0 Å². The highest BCUT2D eigenvalue weighted by atomic mass is 35.5. The minimum absolute atomic E-state index is 0.255. The molecule has 0 bridgehead atoms. The van der Waals surface area contributed by atoms with E-state index in [2.05, 4.69) is 19.2 Å². The summed E-state index contributed by atoms with van der Waals surface area (Å²) >= 11 is 6.15. The van der Waals surface area contributed by atoms with Crippen LogP contribution in [0, 0.1) is 5.92 Å². The number of methoxy groups -OCH3 is 2. The largest absolute Gasteiger partial charge is 0.497 e. The molecule has 31 heavy (non-hydrogen) atoms. The van der Waals surface area contributed by atoms with Gasteiger partial charge in [-0.3, -0.25) is 9.10 Å². The van der Waals surface area contributed by atoms with Gasteiger partial charge in [-0.05, 0) is 48.2 Å². The van der Waals surface area contributed by atoms with Gasteiger partial charge in [0.1, 0.15) is 18.0 Å². The minimum atomic E-state index is -3.73. The monoisotopic (exact) mass is 468 g/mol. The second kappa shape index (κ2) is 10.7. The number of rotatable bonds is 10. The normalized spacial score (nSPS) is 12.4. The third kappa shape index (κ3) is 7.04. The van der Waals surface area contributed by atoms with Crippen LogP contribution in [0.5, 0.6) is 11.5 Å². The zero-order valence-electron chi connectivity index (χ0n) is 18.4. The summed E-state index contributed by atoms with van der Waals surface area (Å²) in [4.78, 5) is 12.9. The summed E-state index contributed by atoms with van der Waals surface area (Å²) in [5, 5.41) is 3.22. The van der Waals surface area contributed by atoms with E-state index in [9.17, 15) is 13.2 Å². The molecule has 7 nitrogen and oxygen atoms in total. The van der Waals surface area contributed by atoms with E-state index in [1.54, 1.807) is 19.2 Å². The number of nitrogens with zero attached hydrogens (tertiary/aromatic N) is 1. The van der Waals surface area contributed by atoms with Gasteiger partial charge >= 0.3 is 0 Å². The van der Waals surface area contributed by atoms with Crippen molar-refractivity contribution in [3.05, 3.63) is 53.1 Å². The smallest absolute Gasteiger partial charge is 0.241 e. The predicted molar refractivity (Wildman–Crippen MR) is 124 cm³/mol. The zero-order chi connectivity index (χ0) is 23.2. The average molecular weight is 469 g/mol. The summed E-state index contributed by atoms with van der Waals surface area (Å²) < 4.78 is 36.1. The van der Waals surface area contributed by atoms with Crippen LogP contribution >= 0.6 is 11.6 Å². The number of anilines is 1. The van der Waals surface area contributed by atoms with Crippen molar-refractivity contribution in [2.24, 2.45) is 5.92 Å². The second-order valence-electron chi connectivity index (χ2n) is 7.61. The number of sulfonamides is 1. The standard InChI is InChI=1S/C22H29ClN2O5S/c1-15(2)12-20(16-6-9-18(29-3)10-7-16)24-22(26)14-25(31(5,27)28)17-8-11-21(30-4)19(23)13-17/h6-11,13,15,20H,12,14H2,1-5H3,(H,24,26)/t20-/m1/s1. The van der Waals surface area contributed by atoms with Gasteiger partial charge < -0.3 is 14.8 Å². The van der Waals surface area contributed by atoms with Crippen molar-refractivity contribution >= 4 is 33.2 Å². The number of benzene rings is 2. The van der Waals surface area contributed by atoms with Gasteiger partial charge in [-0.25, -0.2) is 8.42 Å². The molecule has 0 spiro atoms. The Bertz CT molecular complexity index is 993. The molecule has 0 unspecified atom stereocenters. The molecule has 1 amide bonds. The molecule has 0 aliphatic rings. The van der Waals surface area contributed by atoms with Crippen LogP contribution in [0.15, 0.2) is 42.5 Å². The highest BCUT2D eigenvalue weighted by Crippen LogP contribution is 2.30. The van der Waals surface area contributed by atoms with E-state index in [4.69, 9.17) is 21.1 Å². The molecular formula is C22H29ClN2O5S. The third-order valence-corrected chi connectivity index (χ3v) is 6.11. The summed E-state index contributed by atoms with van der Waals surface area (Å²) in [6, 6.07) is 11.8. The number of nitrogens with one attached hydrogen (secondary N) is 1. The van der Waals surface area contributed by atoms with Gasteiger partial charge in [0.25, 0.3) is 0 Å². The summed E-state index contributed by atoms with van der Waals surface area (Å²) in [7, 11) is -0.666. The predicted octanol–water partition coefficient (Wildman–Crippen LogP) is 4.03. The Hall–Kier alpha value is -2.45. The highest BCUT2D eigenvalue weighted by Gasteiger charge is 2.24. The van der Waals surface area contributed by atoms with Gasteiger partial charge in [-0.15, -0.1) is 0 Å². The van der Waals surface area contributed by atoms with Crippen LogP contribution in [0.1, 0.15) is 31.9 Å². The Morgan fingerprint density at radius 3 is 2.23 bits per heavy atom. The fourth-order valence-electron chi connectivity index (χ4n) is 3.17. The summed E-state index contributed by atoms with van der Waals surface area (Å²) in [5.41, 5.74) is 1.20. The molecule has 0 saturated heterocycles. The molecule has 9 heteroatoms. The molecule has 170 valence electrons. The fraction of sp³-hybridized carbons (Fsp3) is 0.409. The Morgan fingerprint density at radius 1 is 1.10 bits per heavy atom. The van der Waals surface area contributed by atoms with Crippen molar-refractivity contribution in [2.45, 2.75) is 26.3 Å². The molecule has 0 fully saturated rings.